The molecule has 0 atom stereocenters. The lowest BCUT2D eigenvalue weighted by atomic mass is 10.1. The molecule has 0 N–H and O–H groups in total. The molecule has 1 aromatic heterocycles. The highest BCUT2D eigenvalue weighted by molar-refractivity contribution is 5.94. The van der Waals surface area contributed by atoms with Crippen LogP contribution >= 0.6 is 0 Å². The maximum Gasteiger partial charge on any atom is 0.253 e. The molecule has 0 bridgehead atoms. The summed E-state index contributed by atoms with van der Waals surface area (Å²) in [4.78, 5) is 24.5. The first kappa shape index (κ1) is 16.2. The van der Waals surface area contributed by atoms with Crippen LogP contribution in [0.15, 0.2) is 42.9 Å². The van der Waals surface area contributed by atoms with Crippen LogP contribution < -0.4 is 9.64 Å². The topological polar surface area (TPSA) is 58.6 Å². The highest BCUT2D eigenvalue weighted by Gasteiger charge is 2.24. The van der Waals surface area contributed by atoms with Gasteiger partial charge in [-0.05, 0) is 24.3 Å². The van der Waals surface area contributed by atoms with Crippen LogP contribution in [0.3, 0.4) is 0 Å². The van der Waals surface area contributed by atoms with Crippen molar-refractivity contribution in [1.82, 2.24) is 14.9 Å². The summed E-state index contributed by atoms with van der Waals surface area (Å²) in [5.41, 5.74) is 1.82. The summed E-state index contributed by atoms with van der Waals surface area (Å²) in [5.74, 6) is 0.676. The molecule has 1 aliphatic heterocycles. The predicted octanol–water partition coefficient (Wildman–Crippen LogP) is 2.23. The number of benzene rings is 1. The van der Waals surface area contributed by atoms with E-state index in [4.69, 9.17) is 4.74 Å². The Labute approximate surface area is 142 Å². The van der Waals surface area contributed by atoms with Gasteiger partial charge in [0.15, 0.2) is 0 Å². The first-order chi connectivity index (χ1) is 11.6. The van der Waals surface area contributed by atoms with Gasteiger partial charge >= 0.3 is 0 Å². The first-order valence-electron chi connectivity index (χ1n) is 8.13. The number of amides is 1. The van der Waals surface area contributed by atoms with Crippen LogP contribution in [0, 0.1) is 0 Å². The molecule has 1 amide bonds. The fourth-order valence-corrected chi connectivity index (χ4v) is 2.78. The molecule has 1 aliphatic rings. The molecular formula is C18H22N4O2. The number of hydrogen-bond acceptors (Lipinski definition) is 5. The smallest absolute Gasteiger partial charge is 0.253 e. The summed E-state index contributed by atoms with van der Waals surface area (Å²) in [6.07, 6.45) is 4.86. The van der Waals surface area contributed by atoms with Crippen LogP contribution in [0.4, 0.5) is 5.69 Å². The van der Waals surface area contributed by atoms with E-state index in [-0.39, 0.29) is 12.0 Å². The summed E-state index contributed by atoms with van der Waals surface area (Å²) in [7, 11) is 3.97. The minimum absolute atomic E-state index is 0.0841. The van der Waals surface area contributed by atoms with Crippen LogP contribution in [0.25, 0.3) is 0 Å². The number of likely N-dealkylation sites (tertiary alicyclic amines) is 1. The van der Waals surface area contributed by atoms with Crippen molar-refractivity contribution in [2.75, 3.05) is 32.1 Å². The summed E-state index contributed by atoms with van der Waals surface area (Å²) >= 11 is 0. The molecule has 0 aliphatic carbocycles. The van der Waals surface area contributed by atoms with Crippen molar-refractivity contribution in [2.24, 2.45) is 0 Å². The molecule has 0 saturated carbocycles. The predicted molar refractivity (Wildman–Crippen MR) is 92.4 cm³/mol. The zero-order valence-electron chi connectivity index (χ0n) is 14.1. The van der Waals surface area contributed by atoms with Gasteiger partial charge in [0.25, 0.3) is 5.91 Å². The Morgan fingerprint density at radius 2 is 1.88 bits per heavy atom. The van der Waals surface area contributed by atoms with Gasteiger partial charge in [0.2, 0.25) is 5.88 Å². The van der Waals surface area contributed by atoms with Gasteiger partial charge < -0.3 is 14.5 Å². The number of anilines is 1. The molecular weight excluding hydrogens is 304 g/mol. The Bertz CT molecular complexity index is 665. The second-order valence-electron chi connectivity index (χ2n) is 6.10. The number of rotatable bonds is 4. The van der Waals surface area contributed by atoms with E-state index in [2.05, 4.69) is 9.97 Å². The molecule has 2 heterocycles. The van der Waals surface area contributed by atoms with Gasteiger partial charge in [-0.2, -0.15) is 0 Å². The second kappa shape index (κ2) is 7.29. The van der Waals surface area contributed by atoms with Crippen molar-refractivity contribution in [3.8, 4) is 5.88 Å². The van der Waals surface area contributed by atoms with Crippen LogP contribution in [-0.4, -0.2) is 54.1 Å². The summed E-state index contributed by atoms with van der Waals surface area (Å²) in [6.45, 7) is 1.40. The van der Waals surface area contributed by atoms with Crippen LogP contribution in [0.5, 0.6) is 5.88 Å². The number of piperidine rings is 1. The lowest BCUT2D eigenvalue weighted by Gasteiger charge is -2.32. The van der Waals surface area contributed by atoms with E-state index >= 15 is 0 Å². The van der Waals surface area contributed by atoms with E-state index in [1.807, 2.05) is 48.2 Å². The monoisotopic (exact) mass is 326 g/mol. The Balaban J connectivity index is 1.55. The highest BCUT2D eigenvalue weighted by Crippen LogP contribution is 2.19. The largest absolute Gasteiger partial charge is 0.474 e. The Kier molecular flexibility index (Phi) is 4.93. The molecule has 1 aromatic carbocycles. The van der Waals surface area contributed by atoms with Gasteiger partial charge in [0.1, 0.15) is 12.4 Å². The third kappa shape index (κ3) is 3.82. The molecule has 0 spiro atoms. The Morgan fingerprint density at radius 3 is 2.46 bits per heavy atom. The molecule has 0 radical (unpaired) electrons. The molecule has 24 heavy (non-hydrogen) atoms. The minimum Gasteiger partial charge on any atom is -0.474 e. The number of nitrogens with zero attached hydrogens (tertiary/aromatic N) is 4. The number of carbonyl (C=O) groups excluding carboxylic acids is 1. The third-order valence-corrected chi connectivity index (χ3v) is 4.20. The van der Waals surface area contributed by atoms with E-state index < -0.39 is 0 Å². The van der Waals surface area contributed by atoms with Crippen molar-refractivity contribution in [2.45, 2.75) is 18.9 Å². The van der Waals surface area contributed by atoms with Gasteiger partial charge in [-0.3, -0.25) is 4.79 Å². The van der Waals surface area contributed by atoms with Crippen LogP contribution in [0.2, 0.25) is 0 Å². The van der Waals surface area contributed by atoms with Crippen LogP contribution in [-0.2, 0) is 0 Å². The highest BCUT2D eigenvalue weighted by atomic mass is 16.5. The summed E-state index contributed by atoms with van der Waals surface area (Å²) in [5, 5.41) is 0. The van der Waals surface area contributed by atoms with Gasteiger partial charge in [0, 0.05) is 63.5 Å². The van der Waals surface area contributed by atoms with Gasteiger partial charge in [-0.1, -0.05) is 0 Å². The second-order valence-corrected chi connectivity index (χ2v) is 6.10. The SMILES string of the molecule is CN(C)c1ccc(C(=O)N2CCC(Oc3ccncn3)CC2)cc1. The van der Waals surface area contributed by atoms with E-state index in [0.717, 1.165) is 24.1 Å². The maximum atomic E-state index is 12.6. The zero-order chi connectivity index (χ0) is 16.9. The Morgan fingerprint density at radius 1 is 1.17 bits per heavy atom. The Hall–Kier alpha value is -2.63. The fourth-order valence-electron chi connectivity index (χ4n) is 2.78. The average Bonchev–Trinajstić information content (AvgIpc) is 2.63. The average molecular weight is 326 g/mol. The van der Waals surface area contributed by atoms with E-state index in [1.165, 1.54) is 6.33 Å². The van der Waals surface area contributed by atoms with E-state index in [0.29, 0.717) is 19.0 Å². The van der Waals surface area contributed by atoms with E-state index in [1.54, 1.807) is 12.3 Å². The van der Waals surface area contributed by atoms with Crippen molar-refractivity contribution >= 4 is 11.6 Å². The molecule has 126 valence electrons. The van der Waals surface area contributed by atoms with Crippen molar-refractivity contribution in [3.05, 3.63) is 48.4 Å². The van der Waals surface area contributed by atoms with Gasteiger partial charge in [-0.15, -0.1) is 0 Å². The van der Waals surface area contributed by atoms with Crippen molar-refractivity contribution < 1.29 is 9.53 Å². The minimum atomic E-state index is 0.0841. The number of carbonyl (C=O) groups is 1. The molecule has 6 nitrogen and oxygen atoms in total. The number of aromatic nitrogens is 2. The normalized spacial score (nSPS) is 15.2. The molecule has 6 heteroatoms. The summed E-state index contributed by atoms with van der Waals surface area (Å²) in [6, 6.07) is 9.47. The molecule has 1 fully saturated rings. The van der Waals surface area contributed by atoms with Gasteiger partial charge in [-0.25, -0.2) is 9.97 Å². The summed E-state index contributed by atoms with van der Waals surface area (Å²) < 4.78 is 5.84. The van der Waals surface area contributed by atoms with Crippen molar-refractivity contribution in [1.29, 1.82) is 0 Å². The number of hydrogen-bond donors (Lipinski definition) is 0. The zero-order valence-corrected chi connectivity index (χ0v) is 14.1. The number of ether oxygens (including phenoxy) is 1. The first-order valence-corrected chi connectivity index (χ1v) is 8.13. The standard InChI is InChI=1S/C18H22N4O2/c1-21(2)15-5-3-14(4-6-15)18(23)22-11-8-16(9-12-22)24-17-7-10-19-13-20-17/h3-7,10,13,16H,8-9,11-12H2,1-2H3. The lowest BCUT2D eigenvalue weighted by Crippen LogP contribution is -2.41. The lowest BCUT2D eigenvalue weighted by molar-refractivity contribution is 0.0587. The molecule has 0 unspecified atom stereocenters. The van der Waals surface area contributed by atoms with Crippen molar-refractivity contribution in [3.63, 3.8) is 0 Å². The molecule has 1 saturated heterocycles. The molecule has 3 rings (SSSR count). The third-order valence-electron chi connectivity index (χ3n) is 4.20. The maximum absolute atomic E-state index is 12.6. The van der Waals surface area contributed by atoms with Gasteiger partial charge in [0.05, 0.1) is 0 Å². The quantitative estimate of drug-likeness (QED) is 0.862. The molecule has 2 aromatic rings. The fraction of sp³-hybridized carbons (Fsp3) is 0.389. The van der Waals surface area contributed by atoms with E-state index in [9.17, 15) is 4.79 Å². The van der Waals surface area contributed by atoms with Crippen LogP contribution in [0.1, 0.15) is 23.2 Å².